The molecule has 2 unspecified atom stereocenters. The number of hydrogen-bond acceptors (Lipinski definition) is 4. The van der Waals surface area contributed by atoms with Crippen molar-refractivity contribution in [3.63, 3.8) is 0 Å². The third-order valence-corrected chi connectivity index (χ3v) is 4.54. The van der Waals surface area contributed by atoms with Gasteiger partial charge in [-0.05, 0) is 19.1 Å². The normalized spacial score (nSPS) is 19.5. The zero-order valence-electron chi connectivity index (χ0n) is 12.9. The fourth-order valence-electron chi connectivity index (χ4n) is 2.24. The standard InChI is InChI=1S/C14H11ClF6N2O2S/c1-7-23(10(13(17,18)19)11(26-7)22-6-24)8-4-2-3-5-9(8)25-14(20,21)12(15)16/h2-7,12H,1H3,(H,22,24). The average molecular weight is 421 g/mol. The molecule has 1 aromatic carbocycles. The predicted molar refractivity (Wildman–Crippen MR) is 84.6 cm³/mol. The van der Waals surface area contributed by atoms with Crippen LogP contribution < -0.4 is 15.0 Å². The van der Waals surface area contributed by atoms with Crippen molar-refractivity contribution in [1.82, 2.24) is 5.32 Å². The molecule has 1 aliphatic heterocycles. The van der Waals surface area contributed by atoms with Crippen LogP contribution in [0.5, 0.6) is 5.75 Å². The first kappa shape index (κ1) is 20.6. The number of hydrogen-bond donors (Lipinski definition) is 1. The van der Waals surface area contributed by atoms with Crippen LogP contribution in [0.4, 0.5) is 32.0 Å². The molecule has 0 spiro atoms. The van der Waals surface area contributed by atoms with Crippen LogP contribution >= 0.6 is 23.4 Å². The first-order chi connectivity index (χ1) is 12.0. The highest BCUT2D eigenvalue weighted by atomic mass is 35.5. The van der Waals surface area contributed by atoms with Crippen LogP contribution in [0.15, 0.2) is 35.0 Å². The lowest BCUT2D eigenvalue weighted by Crippen LogP contribution is -2.36. The van der Waals surface area contributed by atoms with Crippen molar-refractivity contribution in [1.29, 1.82) is 0 Å². The van der Waals surface area contributed by atoms with E-state index in [2.05, 4.69) is 4.74 Å². The molecular weight excluding hydrogens is 410 g/mol. The minimum absolute atomic E-state index is 0.0715. The van der Waals surface area contributed by atoms with Crippen LogP contribution in [-0.4, -0.2) is 29.7 Å². The fraction of sp³-hybridized carbons (Fsp3) is 0.357. The molecular formula is C14H11ClF6N2O2S. The van der Waals surface area contributed by atoms with Crippen molar-refractivity contribution >= 4 is 35.5 Å². The van der Waals surface area contributed by atoms with Gasteiger partial charge >= 0.3 is 12.3 Å². The molecule has 0 radical (unpaired) electrons. The molecule has 0 saturated heterocycles. The van der Waals surface area contributed by atoms with E-state index >= 15 is 0 Å². The lowest BCUT2D eigenvalue weighted by atomic mass is 10.2. The van der Waals surface area contributed by atoms with Gasteiger partial charge in [0.1, 0.15) is 10.8 Å². The van der Waals surface area contributed by atoms with Gasteiger partial charge in [0, 0.05) is 0 Å². The van der Waals surface area contributed by atoms with Crippen molar-refractivity contribution in [2.24, 2.45) is 0 Å². The summed E-state index contributed by atoms with van der Waals surface area (Å²) in [6.45, 7) is 1.37. The van der Waals surface area contributed by atoms with E-state index in [9.17, 15) is 31.1 Å². The number of alkyl halides is 7. The zero-order valence-corrected chi connectivity index (χ0v) is 14.4. The van der Waals surface area contributed by atoms with Gasteiger partial charge in [-0.15, -0.1) is 0 Å². The maximum absolute atomic E-state index is 13.5. The van der Waals surface area contributed by atoms with E-state index in [0.29, 0.717) is 16.7 Å². The number of thioether (sulfide) groups is 1. The highest BCUT2D eigenvalue weighted by Gasteiger charge is 2.49. The third-order valence-electron chi connectivity index (χ3n) is 3.19. The van der Waals surface area contributed by atoms with Crippen LogP contribution in [0.1, 0.15) is 6.92 Å². The Kier molecular flexibility index (Phi) is 5.91. The van der Waals surface area contributed by atoms with E-state index in [-0.39, 0.29) is 12.1 Å². The molecule has 0 bridgehead atoms. The molecule has 1 N–H and O–H groups in total. The van der Waals surface area contributed by atoms with E-state index in [0.717, 1.165) is 12.1 Å². The quantitative estimate of drug-likeness (QED) is 0.416. The Morgan fingerprint density at radius 1 is 1.31 bits per heavy atom. The third kappa shape index (κ3) is 4.14. The maximum atomic E-state index is 13.5. The van der Waals surface area contributed by atoms with E-state index < -0.39 is 39.8 Å². The molecule has 0 fully saturated rings. The zero-order chi connectivity index (χ0) is 19.7. The van der Waals surface area contributed by atoms with Crippen molar-refractivity contribution in [3.05, 3.63) is 35.0 Å². The summed E-state index contributed by atoms with van der Waals surface area (Å²) in [5.74, 6) is -0.706. The van der Waals surface area contributed by atoms with Gasteiger partial charge in [0.2, 0.25) is 6.41 Å². The van der Waals surface area contributed by atoms with Gasteiger partial charge in [-0.1, -0.05) is 35.5 Å². The molecule has 0 aromatic heterocycles. The molecule has 2 rings (SSSR count). The summed E-state index contributed by atoms with van der Waals surface area (Å²) in [4.78, 5) is 11.3. The van der Waals surface area contributed by atoms with Crippen LogP contribution in [0, 0.1) is 0 Å². The van der Waals surface area contributed by atoms with E-state index in [1.54, 1.807) is 0 Å². The van der Waals surface area contributed by atoms with E-state index in [4.69, 9.17) is 11.6 Å². The van der Waals surface area contributed by atoms with Crippen molar-refractivity contribution in [2.75, 3.05) is 4.90 Å². The topological polar surface area (TPSA) is 41.6 Å². The van der Waals surface area contributed by atoms with Crippen LogP contribution in [0.3, 0.4) is 0 Å². The first-order valence-corrected chi connectivity index (χ1v) is 8.22. The number of allylic oxidation sites excluding steroid dienone is 1. The predicted octanol–water partition coefficient (Wildman–Crippen LogP) is 4.57. The minimum atomic E-state index is -4.91. The number of nitrogens with zero attached hydrogens (tertiary/aromatic N) is 1. The Hall–Kier alpha value is -1.75. The summed E-state index contributed by atoms with van der Waals surface area (Å²) >= 11 is 5.39. The van der Waals surface area contributed by atoms with Crippen LogP contribution in [0.25, 0.3) is 0 Å². The average Bonchev–Trinajstić information content (AvgIpc) is 2.84. The van der Waals surface area contributed by atoms with Crippen molar-refractivity contribution < 1.29 is 35.9 Å². The van der Waals surface area contributed by atoms with Crippen LogP contribution in [0.2, 0.25) is 0 Å². The number of nitrogens with one attached hydrogen (secondary N) is 1. The molecule has 144 valence electrons. The summed E-state index contributed by atoms with van der Waals surface area (Å²) in [6.07, 6.45) is -9.30. The number of para-hydroxylation sites is 2. The Balaban J connectivity index is 2.54. The summed E-state index contributed by atoms with van der Waals surface area (Å²) in [5, 5.41) is 0.523. The minimum Gasteiger partial charge on any atom is -0.427 e. The lowest BCUT2D eigenvalue weighted by molar-refractivity contribution is -0.198. The summed E-state index contributed by atoms with van der Waals surface area (Å²) in [7, 11) is 0. The highest BCUT2D eigenvalue weighted by Crippen LogP contribution is 2.49. The fourth-order valence-corrected chi connectivity index (χ4v) is 3.39. The van der Waals surface area contributed by atoms with Gasteiger partial charge < -0.3 is 15.0 Å². The smallest absolute Gasteiger partial charge is 0.427 e. The highest BCUT2D eigenvalue weighted by molar-refractivity contribution is 8.04. The Bertz CT molecular complexity index is 713. The molecule has 1 aliphatic rings. The second-order valence-corrected chi connectivity index (χ2v) is 6.67. The second-order valence-electron chi connectivity index (χ2n) is 4.96. The summed E-state index contributed by atoms with van der Waals surface area (Å²) in [5.41, 5.74) is -4.85. The lowest BCUT2D eigenvalue weighted by Gasteiger charge is -2.30. The van der Waals surface area contributed by atoms with Crippen molar-refractivity contribution in [3.8, 4) is 5.75 Å². The molecule has 1 heterocycles. The first-order valence-electron chi connectivity index (χ1n) is 6.90. The second kappa shape index (κ2) is 7.47. The van der Waals surface area contributed by atoms with Gasteiger partial charge in [-0.25, -0.2) is 4.39 Å². The molecule has 12 heteroatoms. The number of carbonyl (C=O) groups excluding carboxylic acids is 1. The monoisotopic (exact) mass is 420 g/mol. The Labute approximate surface area is 153 Å². The van der Waals surface area contributed by atoms with Crippen molar-refractivity contribution in [2.45, 2.75) is 30.2 Å². The van der Waals surface area contributed by atoms with Gasteiger partial charge in [0.15, 0.2) is 5.70 Å². The molecule has 0 saturated carbocycles. The Morgan fingerprint density at radius 2 is 1.92 bits per heavy atom. The number of amides is 1. The van der Waals surface area contributed by atoms with Gasteiger partial charge in [-0.2, -0.15) is 22.0 Å². The number of rotatable bonds is 6. The largest absolute Gasteiger partial charge is 0.444 e. The number of halogens is 7. The molecule has 26 heavy (non-hydrogen) atoms. The summed E-state index contributed by atoms with van der Waals surface area (Å²) < 4.78 is 84.5. The number of ether oxygens (including phenoxy) is 1. The molecule has 0 aliphatic carbocycles. The number of benzene rings is 1. The van der Waals surface area contributed by atoms with Crippen LogP contribution in [-0.2, 0) is 4.79 Å². The SMILES string of the molecule is CC1SC(NC=O)=C(C(F)(F)F)N1c1ccccc1OC(F)(F)C(F)Cl. The van der Waals surface area contributed by atoms with Gasteiger partial charge in [-0.3, -0.25) is 4.79 Å². The van der Waals surface area contributed by atoms with Gasteiger partial charge in [0.05, 0.1) is 11.1 Å². The molecule has 4 nitrogen and oxygen atoms in total. The number of carbonyl (C=O) groups is 1. The summed E-state index contributed by atoms with van der Waals surface area (Å²) in [6, 6.07) is 4.58. The molecule has 1 amide bonds. The Morgan fingerprint density at radius 3 is 2.46 bits per heavy atom. The molecule has 1 aromatic rings. The number of anilines is 1. The molecule has 2 atom stereocenters. The van der Waals surface area contributed by atoms with E-state index in [1.807, 2.05) is 5.32 Å². The van der Waals surface area contributed by atoms with E-state index in [1.165, 1.54) is 19.1 Å². The van der Waals surface area contributed by atoms with Gasteiger partial charge in [0.25, 0.3) is 5.63 Å². The maximum Gasteiger partial charge on any atom is 0.444 e.